The van der Waals surface area contributed by atoms with Crippen molar-refractivity contribution in [2.45, 2.75) is 10.9 Å². The molecule has 0 fully saturated rings. The summed E-state index contributed by atoms with van der Waals surface area (Å²) in [5, 5.41) is 7.48. The Hall–Kier alpha value is -2.67. The topological polar surface area (TPSA) is 58.9 Å². The van der Waals surface area contributed by atoms with E-state index >= 15 is 0 Å². The number of benzene rings is 1. The number of hydrogen-bond donors (Lipinski definition) is 1. The second-order valence-electron chi connectivity index (χ2n) is 4.93. The summed E-state index contributed by atoms with van der Waals surface area (Å²) in [6.45, 7) is 0. The van der Waals surface area contributed by atoms with Crippen LogP contribution >= 0.6 is 11.8 Å². The second-order valence-corrected chi connectivity index (χ2v) is 5.88. The maximum Gasteiger partial charge on any atom is 0.209 e. The van der Waals surface area contributed by atoms with Gasteiger partial charge in [0, 0.05) is 18.1 Å². The van der Waals surface area contributed by atoms with E-state index in [-0.39, 0.29) is 5.82 Å². The van der Waals surface area contributed by atoms with Crippen LogP contribution in [-0.4, -0.2) is 24.6 Å². The molecule has 0 aliphatic heterocycles. The van der Waals surface area contributed by atoms with Gasteiger partial charge in [-0.3, -0.25) is 5.10 Å². The number of H-pyrrole nitrogens is 1. The molecule has 0 spiro atoms. The summed E-state index contributed by atoms with van der Waals surface area (Å²) in [6, 6.07) is 12.4. The SMILES string of the molecule is Fc1ccccc1-c1nc(SCc2cn3ccccc3n2)n[nH]1. The molecule has 0 amide bonds. The van der Waals surface area contributed by atoms with Crippen molar-refractivity contribution in [3.63, 3.8) is 0 Å². The molecule has 1 aromatic carbocycles. The number of hydrogen-bond acceptors (Lipinski definition) is 4. The third-order valence-electron chi connectivity index (χ3n) is 3.36. The Morgan fingerprint density at radius 3 is 2.83 bits per heavy atom. The van der Waals surface area contributed by atoms with Crippen LogP contribution in [-0.2, 0) is 5.75 Å². The van der Waals surface area contributed by atoms with Crippen molar-refractivity contribution in [1.82, 2.24) is 24.6 Å². The number of thioether (sulfide) groups is 1. The molecule has 3 aromatic heterocycles. The van der Waals surface area contributed by atoms with Crippen LogP contribution in [0.15, 0.2) is 60.0 Å². The Morgan fingerprint density at radius 1 is 1.09 bits per heavy atom. The molecule has 0 radical (unpaired) electrons. The highest BCUT2D eigenvalue weighted by molar-refractivity contribution is 7.98. The molecule has 5 nitrogen and oxygen atoms in total. The van der Waals surface area contributed by atoms with Gasteiger partial charge < -0.3 is 4.40 Å². The maximum atomic E-state index is 13.7. The zero-order valence-electron chi connectivity index (χ0n) is 12.0. The zero-order chi connectivity index (χ0) is 15.6. The van der Waals surface area contributed by atoms with Crippen molar-refractivity contribution in [1.29, 1.82) is 0 Å². The van der Waals surface area contributed by atoms with Gasteiger partial charge in [-0.2, -0.15) is 0 Å². The molecule has 1 N–H and O–H groups in total. The first-order valence-corrected chi connectivity index (χ1v) is 8.01. The number of aromatic nitrogens is 5. The molecule has 0 unspecified atom stereocenters. The van der Waals surface area contributed by atoms with E-state index in [4.69, 9.17) is 0 Å². The van der Waals surface area contributed by atoms with Gasteiger partial charge in [0.05, 0.1) is 11.3 Å². The normalized spacial score (nSPS) is 11.2. The fourth-order valence-electron chi connectivity index (χ4n) is 2.28. The minimum absolute atomic E-state index is 0.319. The third-order valence-corrected chi connectivity index (χ3v) is 4.24. The zero-order valence-corrected chi connectivity index (χ0v) is 12.8. The molecule has 0 saturated carbocycles. The Labute approximate surface area is 135 Å². The summed E-state index contributed by atoms with van der Waals surface area (Å²) in [4.78, 5) is 8.86. The van der Waals surface area contributed by atoms with Crippen LogP contribution < -0.4 is 0 Å². The number of rotatable bonds is 4. The first-order chi connectivity index (χ1) is 11.3. The van der Waals surface area contributed by atoms with E-state index in [0.717, 1.165) is 11.3 Å². The molecule has 3 heterocycles. The van der Waals surface area contributed by atoms with E-state index in [1.807, 2.05) is 35.0 Å². The predicted molar refractivity (Wildman–Crippen MR) is 86.5 cm³/mol. The summed E-state index contributed by atoms with van der Waals surface area (Å²) < 4.78 is 15.7. The molecule has 0 aliphatic carbocycles. The summed E-state index contributed by atoms with van der Waals surface area (Å²) >= 11 is 1.46. The molecule has 0 atom stereocenters. The highest BCUT2D eigenvalue weighted by Gasteiger charge is 2.11. The molecule has 0 aliphatic rings. The van der Waals surface area contributed by atoms with Crippen LogP contribution in [0, 0.1) is 5.82 Å². The predicted octanol–water partition coefficient (Wildman–Crippen LogP) is 3.55. The molecule has 7 heteroatoms. The van der Waals surface area contributed by atoms with Crippen molar-refractivity contribution in [2.24, 2.45) is 0 Å². The minimum Gasteiger partial charge on any atom is -0.307 e. The molecule has 114 valence electrons. The number of nitrogens with zero attached hydrogens (tertiary/aromatic N) is 4. The van der Waals surface area contributed by atoms with Gasteiger partial charge in [-0.15, -0.1) is 5.10 Å². The number of aromatic amines is 1. The van der Waals surface area contributed by atoms with Crippen LogP contribution in [0.3, 0.4) is 0 Å². The fourth-order valence-corrected chi connectivity index (χ4v) is 2.96. The lowest BCUT2D eigenvalue weighted by atomic mass is 10.2. The number of fused-ring (bicyclic) bond motifs is 1. The number of nitrogens with one attached hydrogen (secondary N) is 1. The fraction of sp³-hybridized carbons (Fsp3) is 0.0625. The van der Waals surface area contributed by atoms with Crippen molar-refractivity contribution >= 4 is 17.4 Å². The molecule has 4 aromatic rings. The van der Waals surface area contributed by atoms with E-state index in [2.05, 4.69) is 20.2 Å². The second kappa shape index (κ2) is 5.85. The molecule has 4 rings (SSSR count). The maximum absolute atomic E-state index is 13.7. The lowest BCUT2D eigenvalue weighted by Gasteiger charge is -1.96. The first kappa shape index (κ1) is 14.0. The highest BCUT2D eigenvalue weighted by atomic mass is 32.2. The van der Waals surface area contributed by atoms with Gasteiger partial charge in [-0.25, -0.2) is 14.4 Å². The van der Waals surface area contributed by atoms with Crippen LogP contribution in [0.25, 0.3) is 17.0 Å². The van der Waals surface area contributed by atoms with Gasteiger partial charge in [0.25, 0.3) is 0 Å². The van der Waals surface area contributed by atoms with Crippen molar-refractivity contribution in [3.05, 3.63) is 66.4 Å². The van der Waals surface area contributed by atoms with Gasteiger partial charge in [-0.05, 0) is 24.3 Å². The van der Waals surface area contributed by atoms with Gasteiger partial charge in [0.15, 0.2) is 5.82 Å². The van der Waals surface area contributed by atoms with Gasteiger partial charge >= 0.3 is 0 Å². The van der Waals surface area contributed by atoms with E-state index in [0.29, 0.717) is 22.3 Å². The number of pyridine rings is 1. The molecule has 0 saturated heterocycles. The highest BCUT2D eigenvalue weighted by Crippen LogP contribution is 2.23. The Morgan fingerprint density at radius 2 is 1.96 bits per heavy atom. The summed E-state index contributed by atoms with van der Waals surface area (Å²) in [7, 11) is 0. The largest absolute Gasteiger partial charge is 0.307 e. The molecular formula is C16H12FN5S. The van der Waals surface area contributed by atoms with Crippen molar-refractivity contribution in [2.75, 3.05) is 0 Å². The third kappa shape index (κ3) is 2.83. The van der Waals surface area contributed by atoms with Crippen molar-refractivity contribution in [3.8, 4) is 11.4 Å². The smallest absolute Gasteiger partial charge is 0.209 e. The van der Waals surface area contributed by atoms with E-state index in [1.54, 1.807) is 18.2 Å². The van der Waals surface area contributed by atoms with Crippen LogP contribution in [0.4, 0.5) is 4.39 Å². The van der Waals surface area contributed by atoms with Crippen molar-refractivity contribution < 1.29 is 4.39 Å². The number of imidazole rings is 1. The minimum atomic E-state index is -0.319. The summed E-state index contributed by atoms with van der Waals surface area (Å²) in [5.41, 5.74) is 2.27. The van der Waals surface area contributed by atoms with Crippen LogP contribution in [0.5, 0.6) is 0 Å². The van der Waals surface area contributed by atoms with E-state index in [1.165, 1.54) is 17.8 Å². The van der Waals surface area contributed by atoms with Gasteiger partial charge in [-0.1, -0.05) is 30.0 Å². The van der Waals surface area contributed by atoms with E-state index < -0.39 is 0 Å². The quantitative estimate of drug-likeness (QED) is 0.583. The standard InChI is InChI=1S/C16H12FN5S/c17-13-6-2-1-5-12(13)15-19-16(21-20-15)23-10-11-9-22-8-4-3-7-14(22)18-11/h1-9H,10H2,(H,19,20,21). The average molecular weight is 325 g/mol. The first-order valence-electron chi connectivity index (χ1n) is 7.02. The lowest BCUT2D eigenvalue weighted by Crippen LogP contribution is -1.85. The molecule has 23 heavy (non-hydrogen) atoms. The van der Waals surface area contributed by atoms with Gasteiger partial charge in [0.1, 0.15) is 11.5 Å². The number of halogens is 1. The average Bonchev–Trinajstić information content (AvgIpc) is 3.19. The van der Waals surface area contributed by atoms with Crippen LogP contribution in [0.1, 0.15) is 5.69 Å². The monoisotopic (exact) mass is 325 g/mol. The van der Waals surface area contributed by atoms with Crippen LogP contribution in [0.2, 0.25) is 0 Å². The van der Waals surface area contributed by atoms with Gasteiger partial charge in [0.2, 0.25) is 5.16 Å². The Bertz CT molecular complexity index is 929. The Balaban J connectivity index is 1.51. The molecule has 0 bridgehead atoms. The summed E-state index contributed by atoms with van der Waals surface area (Å²) in [5.74, 6) is 0.761. The molecular weight excluding hydrogens is 313 g/mol. The Kier molecular flexibility index (Phi) is 3.55. The summed E-state index contributed by atoms with van der Waals surface area (Å²) in [6.07, 6.45) is 3.94. The van der Waals surface area contributed by atoms with E-state index in [9.17, 15) is 4.39 Å². The lowest BCUT2D eigenvalue weighted by molar-refractivity contribution is 0.630.